The Balaban J connectivity index is 1.58. The SMILES string of the molecule is c1ccc(SSc2cccc(SSc3ccccc3)c2)cc1. The molecule has 3 aromatic carbocycles. The average Bonchev–Trinajstić information content (AvgIpc) is 2.60. The van der Waals surface area contributed by atoms with Crippen molar-refractivity contribution in [2.24, 2.45) is 0 Å². The lowest BCUT2D eigenvalue weighted by Crippen LogP contribution is -1.72. The lowest BCUT2D eigenvalue weighted by atomic mass is 10.4. The van der Waals surface area contributed by atoms with Gasteiger partial charge in [-0.2, -0.15) is 0 Å². The molecular formula is C18H14S4. The maximum Gasteiger partial charge on any atom is 0.0197 e. The van der Waals surface area contributed by atoms with Crippen LogP contribution in [-0.4, -0.2) is 0 Å². The Morgan fingerprint density at radius 3 is 1.18 bits per heavy atom. The van der Waals surface area contributed by atoms with Crippen molar-refractivity contribution in [1.82, 2.24) is 0 Å². The summed E-state index contributed by atoms with van der Waals surface area (Å²) in [6, 6.07) is 29.7. The molecular weight excluding hydrogens is 344 g/mol. The second-order valence-corrected chi connectivity index (χ2v) is 8.99. The molecule has 0 atom stereocenters. The molecule has 0 aliphatic rings. The third-order valence-corrected chi connectivity index (χ3v) is 7.56. The van der Waals surface area contributed by atoms with Crippen molar-refractivity contribution >= 4 is 43.2 Å². The van der Waals surface area contributed by atoms with Gasteiger partial charge >= 0.3 is 0 Å². The highest BCUT2D eigenvalue weighted by Gasteiger charge is 2.01. The standard InChI is InChI=1S/C18H14S4/c1-3-8-15(9-4-1)19-21-17-12-7-13-18(14-17)22-20-16-10-5-2-6-11-16/h1-14H. The molecule has 22 heavy (non-hydrogen) atoms. The second-order valence-electron chi connectivity index (χ2n) is 4.43. The average molecular weight is 359 g/mol. The van der Waals surface area contributed by atoms with Crippen LogP contribution in [0.4, 0.5) is 0 Å². The Morgan fingerprint density at radius 2 is 0.727 bits per heavy atom. The van der Waals surface area contributed by atoms with Crippen LogP contribution >= 0.6 is 43.2 Å². The van der Waals surface area contributed by atoms with Crippen LogP contribution in [0.1, 0.15) is 0 Å². The molecule has 0 bridgehead atoms. The molecule has 0 spiro atoms. The normalized spacial score (nSPS) is 10.5. The summed E-state index contributed by atoms with van der Waals surface area (Å²) in [4.78, 5) is 5.13. The van der Waals surface area contributed by atoms with E-state index in [-0.39, 0.29) is 0 Å². The summed E-state index contributed by atoms with van der Waals surface area (Å²) in [6.07, 6.45) is 0. The molecule has 0 nitrogen and oxygen atoms in total. The molecule has 0 N–H and O–H groups in total. The quantitative estimate of drug-likeness (QED) is 0.424. The van der Waals surface area contributed by atoms with Crippen LogP contribution in [-0.2, 0) is 0 Å². The van der Waals surface area contributed by atoms with Crippen LogP contribution in [0.2, 0.25) is 0 Å². The van der Waals surface area contributed by atoms with Crippen molar-refractivity contribution < 1.29 is 0 Å². The highest BCUT2D eigenvalue weighted by Crippen LogP contribution is 2.41. The minimum absolute atomic E-state index is 1.28. The number of rotatable bonds is 6. The lowest BCUT2D eigenvalue weighted by molar-refractivity contribution is 1.35. The molecule has 0 saturated carbocycles. The first-order valence-electron chi connectivity index (χ1n) is 6.79. The van der Waals surface area contributed by atoms with Crippen LogP contribution in [0.15, 0.2) is 105 Å². The van der Waals surface area contributed by atoms with Crippen LogP contribution < -0.4 is 0 Å². The highest BCUT2D eigenvalue weighted by atomic mass is 33.1. The molecule has 0 aliphatic heterocycles. The maximum absolute atomic E-state index is 2.25. The predicted octanol–water partition coefficient (Wildman–Crippen LogP) is 7.29. The van der Waals surface area contributed by atoms with Crippen molar-refractivity contribution in [2.45, 2.75) is 19.6 Å². The Kier molecular flexibility index (Phi) is 6.25. The molecule has 0 fully saturated rings. The Morgan fingerprint density at radius 1 is 0.364 bits per heavy atom. The lowest BCUT2D eigenvalue weighted by Gasteiger charge is -2.04. The van der Waals surface area contributed by atoms with Crippen LogP contribution in [0.25, 0.3) is 0 Å². The van der Waals surface area contributed by atoms with Gasteiger partial charge in [0.25, 0.3) is 0 Å². The number of benzene rings is 3. The van der Waals surface area contributed by atoms with E-state index < -0.39 is 0 Å². The van der Waals surface area contributed by atoms with Gasteiger partial charge in [0.1, 0.15) is 0 Å². The third kappa shape index (κ3) is 5.06. The predicted molar refractivity (Wildman–Crippen MR) is 103 cm³/mol. The van der Waals surface area contributed by atoms with Gasteiger partial charge in [0, 0.05) is 19.6 Å². The number of hydrogen-bond acceptors (Lipinski definition) is 4. The van der Waals surface area contributed by atoms with Gasteiger partial charge in [-0.25, -0.2) is 0 Å². The molecule has 3 rings (SSSR count). The van der Waals surface area contributed by atoms with Gasteiger partial charge in [0.15, 0.2) is 0 Å². The summed E-state index contributed by atoms with van der Waals surface area (Å²) in [7, 11) is 7.20. The molecule has 4 heteroatoms. The Bertz CT molecular complexity index is 640. The maximum atomic E-state index is 2.25. The molecule has 0 heterocycles. The van der Waals surface area contributed by atoms with Crippen molar-refractivity contribution in [1.29, 1.82) is 0 Å². The topological polar surface area (TPSA) is 0 Å². The first-order valence-corrected chi connectivity index (χ1v) is 11.1. The fourth-order valence-corrected chi connectivity index (χ4v) is 5.78. The Hall–Kier alpha value is -0.940. The van der Waals surface area contributed by atoms with E-state index in [2.05, 4.69) is 72.8 Å². The van der Waals surface area contributed by atoms with E-state index in [4.69, 9.17) is 0 Å². The summed E-state index contributed by atoms with van der Waals surface area (Å²) < 4.78 is 0. The largest absolute Gasteiger partial charge is 0.0622 e. The van der Waals surface area contributed by atoms with E-state index in [9.17, 15) is 0 Å². The van der Waals surface area contributed by atoms with Gasteiger partial charge in [0.05, 0.1) is 0 Å². The zero-order valence-corrected chi connectivity index (χ0v) is 15.0. The van der Waals surface area contributed by atoms with E-state index in [1.54, 1.807) is 43.2 Å². The minimum atomic E-state index is 1.28. The zero-order valence-electron chi connectivity index (χ0n) is 11.7. The molecule has 0 radical (unpaired) electrons. The molecule has 0 aromatic heterocycles. The smallest absolute Gasteiger partial charge is 0.0197 e. The minimum Gasteiger partial charge on any atom is -0.0622 e. The van der Waals surface area contributed by atoms with Gasteiger partial charge in [0.2, 0.25) is 0 Å². The first-order chi connectivity index (χ1) is 10.9. The molecule has 3 aromatic rings. The van der Waals surface area contributed by atoms with E-state index in [1.165, 1.54) is 19.6 Å². The molecule has 0 saturated heterocycles. The van der Waals surface area contributed by atoms with Crippen molar-refractivity contribution in [2.75, 3.05) is 0 Å². The van der Waals surface area contributed by atoms with Crippen molar-refractivity contribution in [3.63, 3.8) is 0 Å². The van der Waals surface area contributed by atoms with E-state index in [0.717, 1.165) is 0 Å². The fraction of sp³-hybridized carbons (Fsp3) is 0. The van der Waals surface area contributed by atoms with Gasteiger partial charge in [-0.15, -0.1) is 0 Å². The van der Waals surface area contributed by atoms with E-state index >= 15 is 0 Å². The van der Waals surface area contributed by atoms with E-state index in [0.29, 0.717) is 0 Å². The first kappa shape index (κ1) is 15.9. The molecule has 0 amide bonds. The van der Waals surface area contributed by atoms with E-state index in [1.807, 2.05) is 12.1 Å². The van der Waals surface area contributed by atoms with Gasteiger partial charge in [-0.3, -0.25) is 0 Å². The van der Waals surface area contributed by atoms with Gasteiger partial charge in [-0.1, -0.05) is 85.6 Å². The van der Waals surface area contributed by atoms with Crippen LogP contribution in [0.3, 0.4) is 0 Å². The number of hydrogen-bond donors (Lipinski definition) is 0. The second kappa shape index (κ2) is 8.63. The van der Waals surface area contributed by atoms with Crippen molar-refractivity contribution in [3.05, 3.63) is 84.9 Å². The summed E-state index contributed by atoms with van der Waals surface area (Å²) in [5.41, 5.74) is 0. The molecule has 110 valence electrons. The Labute approximate surface area is 147 Å². The summed E-state index contributed by atoms with van der Waals surface area (Å²) >= 11 is 0. The van der Waals surface area contributed by atoms with Gasteiger partial charge in [-0.05, 0) is 42.5 Å². The molecule has 0 aliphatic carbocycles. The van der Waals surface area contributed by atoms with Crippen LogP contribution in [0, 0.1) is 0 Å². The molecule has 0 unspecified atom stereocenters. The van der Waals surface area contributed by atoms with Crippen molar-refractivity contribution in [3.8, 4) is 0 Å². The van der Waals surface area contributed by atoms with Gasteiger partial charge < -0.3 is 0 Å². The summed E-state index contributed by atoms with van der Waals surface area (Å²) in [5, 5.41) is 0. The summed E-state index contributed by atoms with van der Waals surface area (Å²) in [6.45, 7) is 0. The monoisotopic (exact) mass is 358 g/mol. The van der Waals surface area contributed by atoms with Crippen LogP contribution in [0.5, 0.6) is 0 Å². The summed E-state index contributed by atoms with van der Waals surface area (Å²) in [5.74, 6) is 0. The fourth-order valence-electron chi connectivity index (χ4n) is 1.72. The third-order valence-electron chi connectivity index (χ3n) is 2.76. The highest BCUT2D eigenvalue weighted by molar-refractivity contribution is 8.77. The zero-order chi connectivity index (χ0) is 15.0.